The molecule has 0 aliphatic rings. The molecule has 124 valence electrons. The number of hydrogen-bond donors (Lipinski definition) is 2. The van der Waals surface area contributed by atoms with Gasteiger partial charge in [-0.05, 0) is 26.8 Å². The molecule has 5 nitrogen and oxygen atoms in total. The van der Waals surface area contributed by atoms with Crippen molar-refractivity contribution in [3.05, 3.63) is 46.8 Å². The summed E-state index contributed by atoms with van der Waals surface area (Å²) in [6, 6.07) is 2.97. The average molecular weight is 322 g/mol. The van der Waals surface area contributed by atoms with E-state index in [1.807, 2.05) is 13.8 Å². The molecular weight excluding hydrogens is 302 g/mol. The van der Waals surface area contributed by atoms with Crippen molar-refractivity contribution in [2.45, 2.75) is 26.8 Å². The highest BCUT2D eigenvalue weighted by molar-refractivity contribution is 5.93. The number of amides is 1. The summed E-state index contributed by atoms with van der Waals surface area (Å²) in [5.41, 5.74) is 2.58. The van der Waals surface area contributed by atoms with E-state index in [9.17, 15) is 13.6 Å². The standard InChI is InChI=1S/C16H20F2N4O/c1-9(13-6-5-12(17)7-14(13)18)19-8-15(23)20-16-10(2)21-22(4)11(16)3/h5-7,9,19H,8H2,1-4H3,(H,20,23)/t9-/m0/s1. The third-order valence-corrected chi connectivity index (χ3v) is 3.77. The van der Waals surface area contributed by atoms with Gasteiger partial charge in [0.1, 0.15) is 11.6 Å². The molecule has 1 aromatic carbocycles. The number of nitrogens with zero attached hydrogens (tertiary/aromatic N) is 2. The molecule has 7 heteroatoms. The first-order valence-electron chi connectivity index (χ1n) is 7.28. The highest BCUT2D eigenvalue weighted by atomic mass is 19.1. The quantitative estimate of drug-likeness (QED) is 0.889. The molecule has 0 aliphatic carbocycles. The van der Waals surface area contributed by atoms with Gasteiger partial charge >= 0.3 is 0 Å². The van der Waals surface area contributed by atoms with E-state index in [2.05, 4.69) is 15.7 Å². The number of benzene rings is 1. The molecule has 2 aromatic rings. The van der Waals surface area contributed by atoms with Gasteiger partial charge in [-0.2, -0.15) is 5.10 Å². The van der Waals surface area contributed by atoms with Gasteiger partial charge < -0.3 is 10.6 Å². The van der Waals surface area contributed by atoms with Crippen molar-refractivity contribution in [3.63, 3.8) is 0 Å². The van der Waals surface area contributed by atoms with E-state index in [-0.39, 0.29) is 12.5 Å². The maximum atomic E-state index is 13.7. The van der Waals surface area contributed by atoms with Gasteiger partial charge in [0.15, 0.2) is 0 Å². The zero-order valence-electron chi connectivity index (χ0n) is 13.6. The van der Waals surface area contributed by atoms with Crippen LogP contribution in [-0.4, -0.2) is 22.2 Å². The van der Waals surface area contributed by atoms with Crippen molar-refractivity contribution >= 4 is 11.6 Å². The Labute approximate surface area is 133 Å². The van der Waals surface area contributed by atoms with Crippen molar-refractivity contribution < 1.29 is 13.6 Å². The lowest BCUT2D eigenvalue weighted by molar-refractivity contribution is -0.115. The second-order valence-corrected chi connectivity index (χ2v) is 5.49. The molecule has 0 spiro atoms. The Balaban J connectivity index is 1.96. The number of nitrogens with one attached hydrogen (secondary N) is 2. The van der Waals surface area contributed by atoms with Crippen LogP contribution in [0.4, 0.5) is 14.5 Å². The van der Waals surface area contributed by atoms with Gasteiger partial charge in [0.05, 0.1) is 23.6 Å². The van der Waals surface area contributed by atoms with Crippen LogP contribution >= 0.6 is 0 Å². The molecule has 0 radical (unpaired) electrons. The van der Waals surface area contributed by atoms with E-state index < -0.39 is 17.7 Å². The first-order chi connectivity index (χ1) is 10.8. The number of aryl methyl sites for hydroxylation is 2. The minimum Gasteiger partial charge on any atom is -0.322 e. The van der Waals surface area contributed by atoms with Crippen LogP contribution in [0.2, 0.25) is 0 Å². The number of aromatic nitrogens is 2. The van der Waals surface area contributed by atoms with E-state index in [0.717, 1.165) is 17.5 Å². The lowest BCUT2D eigenvalue weighted by Gasteiger charge is -2.15. The Morgan fingerprint density at radius 3 is 2.61 bits per heavy atom. The first kappa shape index (κ1) is 17.1. The Bertz CT molecular complexity index is 727. The minimum absolute atomic E-state index is 0.00571. The van der Waals surface area contributed by atoms with Gasteiger partial charge in [0.25, 0.3) is 0 Å². The summed E-state index contributed by atoms with van der Waals surface area (Å²) in [4.78, 5) is 12.0. The molecule has 1 amide bonds. The van der Waals surface area contributed by atoms with Gasteiger partial charge in [-0.3, -0.25) is 9.48 Å². The van der Waals surface area contributed by atoms with Crippen LogP contribution in [0.25, 0.3) is 0 Å². The van der Waals surface area contributed by atoms with Gasteiger partial charge in [-0.15, -0.1) is 0 Å². The van der Waals surface area contributed by atoms with Crippen molar-refractivity contribution in [2.24, 2.45) is 7.05 Å². The van der Waals surface area contributed by atoms with Crippen LogP contribution in [0.3, 0.4) is 0 Å². The second kappa shape index (κ2) is 6.87. The van der Waals surface area contributed by atoms with Crippen molar-refractivity contribution in [1.29, 1.82) is 0 Å². The summed E-state index contributed by atoms with van der Waals surface area (Å²) in [5.74, 6) is -1.51. The maximum Gasteiger partial charge on any atom is 0.238 e. The van der Waals surface area contributed by atoms with E-state index in [0.29, 0.717) is 11.3 Å². The number of carbonyl (C=O) groups excluding carboxylic acids is 1. The fraction of sp³-hybridized carbons (Fsp3) is 0.375. The first-order valence-corrected chi connectivity index (χ1v) is 7.28. The predicted octanol–water partition coefficient (Wildman–Crippen LogP) is 2.60. The second-order valence-electron chi connectivity index (χ2n) is 5.49. The fourth-order valence-electron chi connectivity index (χ4n) is 2.35. The van der Waals surface area contributed by atoms with E-state index in [1.165, 1.54) is 12.1 Å². The smallest absolute Gasteiger partial charge is 0.238 e. The van der Waals surface area contributed by atoms with E-state index in [4.69, 9.17) is 0 Å². The molecule has 1 atom stereocenters. The van der Waals surface area contributed by atoms with Crippen LogP contribution in [0.5, 0.6) is 0 Å². The SMILES string of the molecule is Cc1nn(C)c(C)c1NC(=O)CN[C@@H](C)c1ccc(F)cc1F. The van der Waals surface area contributed by atoms with Crippen LogP contribution in [-0.2, 0) is 11.8 Å². The van der Waals surface area contributed by atoms with Crippen LogP contribution in [0, 0.1) is 25.5 Å². The highest BCUT2D eigenvalue weighted by Gasteiger charge is 2.15. The largest absolute Gasteiger partial charge is 0.322 e. The molecule has 2 N–H and O–H groups in total. The summed E-state index contributed by atoms with van der Waals surface area (Å²) < 4.78 is 28.3. The lowest BCUT2D eigenvalue weighted by atomic mass is 10.1. The monoisotopic (exact) mass is 322 g/mol. The molecular formula is C16H20F2N4O. The third-order valence-electron chi connectivity index (χ3n) is 3.77. The fourth-order valence-corrected chi connectivity index (χ4v) is 2.35. The Morgan fingerprint density at radius 2 is 2.04 bits per heavy atom. The Morgan fingerprint density at radius 1 is 1.35 bits per heavy atom. The summed E-state index contributed by atoms with van der Waals surface area (Å²) >= 11 is 0. The summed E-state index contributed by atoms with van der Waals surface area (Å²) in [6.07, 6.45) is 0. The molecule has 0 fully saturated rings. The van der Waals surface area contributed by atoms with Crippen LogP contribution in [0.15, 0.2) is 18.2 Å². The van der Waals surface area contributed by atoms with Crippen molar-refractivity contribution in [2.75, 3.05) is 11.9 Å². The van der Waals surface area contributed by atoms with E-state index in [1.54, 1.807) is 18.7 Å². The van der Waals surface area contributed by atoms with Crippen molar-refractivity contribution in [1.82, 2.24) is 15.1 Å². The summed E-state index contributed by atoms with van der Waals surface area (Å²) in [5, 5.41) is 9.94. The molecule has 0 bridgehead atoms. The number of hydrogen-bond acceptors (Lipinski definition) is 3. The highest BCUT2D eigenvalue weighted by Crippen LogP contribution is 2.19. The third kappa shape index (κ3) is 3.92. The zero-order chi connectivity index (χ0) is 17.1. The summed E-state index contributed by atoms with van der Waals surface area (Å²) in [6.45, 7) is 5.39. The van der Waals surface area contributed by atoms with Gasteiger partial charge in [0, 0.05) is 24.7 Å². The normalized spacial score (nSPS) is 12.3. The number of anilines is 1. The van der Waals surface area contributed by atoms with Crippen molar-refractivity contribution in [3.8, 4) is 0 Å². The van der Waals surface area contributed by atoms with Crippen LogP contribution in [0.1, 0.15) is 29.9 Å². The van der Waals surface area contributed by atoms with Gasteiger partial charge in [-0.25, -0.2) is 8.78 Å². The molecule has 2 rings (SSSR count). The Kier molecular flexibility index (Phi) is 5.10. The lowest BCUT2D eigenvalue weighted by Crippen LogP contribution is -2.30. The molecule has 0 unspecified atom stereocenters. The predicted molar refractivity (Wildman–Crippen MR) is 84.1 cm³/mol. The molecule has 23 heavy (non-hydrogen) atoms. The Hall–Kier alpha value is -2.28. The molecule has 0 saturated heterocycles. The number of halogens is 2. The van der Waals surface area contributed by atoms with E-state index >= 15 is 0 Å². The molecule has 0 aliphatic heterocycles. The van der Waals surface area contributed by atoms with Crippen LogP contribution < -0.4 is 10.6 Å². The molecule has 0 saturated carbocycles. The molecule has 1 heterocycles. The summed E-state index contributed by atoms with van der Waals surface area (Å²) in [7, 11) is 1.80. The maximum absolute atomic E-state index is 13.7. The number of rotatable bonds is 5. The average Bonchev–Trinajstić information content (AvgIpc) is 2.71. The minimum atomic E-state index is -0.635. The topological polar surface area (TPSA) is 59.0 Å². The molecule has 1 aromatic heterocycles. The zero-order valence-corrected chi connectivity index (χ0v) is 13.6. The van der Waals surface area contributed by atoms with Gasteiger partial charge in [0.2, 0.25) is 5.91 Å². The number of carbonyl (C=O) groups is 1. The van der Waals surface area contributed by atoms with Gasteiger partial charge in [-0.1, -0.05) is 6.07 Å².